The Morgan fingerprint density at radius 1 is 0.872 bits per heavy atom. The zero-order chi connectivity index (χ0) is 28.2. The number of rotatable bonds is 15. The van der Waals surface area contributed by atoms with E-state index in [-0.39, 0.29) is 25.1 Å². The smallest absolute Gasteiger partial charge is 0.333 e. The molecule has 0 aliphatic heterocycles. The molecule has 3 aromatic carbocycles. The van der Waals surface area contributed by atoms with Gasteiger partial charge in [-0.1, -0.05) is 74.5 Å². The Labute approximate surface area is 233 Å². The van der Waals surface area contributed by atoms with Crippen LogP contribution in [0.2, 0.25) is 0 Å². The highest BCUT2D eigenvalue weighted by Gasteiger charge is 2.13. The molecule has 0 atom stereocenters. The number of hydrogen-bond donors (Lipinski definition) is 2. The van der Waals surface area contributed by atoms with Gasteiger partial charge in [0.2, 0.25) is 0 Å². The number of aryl methyl sites for hydroxylation is 3. The fourth-order valence-corrected chi connectivity index (χ4v) is 4.43. The van der Waals surface area contributed by atoms with Crippen LogP contribution in [-0.4, -0.2) is 42.6 Å². The van der Waals surface area contributed by atoms with Gasteiger partial charge in [-0.05, 0) is 84.5 Å². The number of ether oxygens (including phenoxy) is 2. The first-order chi connectivity index (χ1) is 18.9. The summed E-state index contributed by atoms with van der Waals surface area (Å²) in [6.45, 7) is 10.5. The molecule has 0 spiro atoms. The van der Waals surface area contributed by atoms with Crippen molar-refractivity contribution in [1.29, 1.82) is 0 Å². The van der Waals surface area contributed by atoms with Gasteiger partial charge < -0.3 is 19.7 Å². The summed E-state index contributed by atoms with van der Waals surface area (Å²) in [4.78, 5) is 12.0. The maximum absolute atomic E-state index is 12.0. The van der Waals surface area contributed by atoms with Crippen molar-refractivity contribution in [3.8, 4) is 28.0 Å². The molecule has 0 radical (unpaired) electrons. The van der Waals surface area contributed by atoms with Crippen molar-refractivity contribution in [2.24, 2.45) is 5.92 Å². The summed E-state index contributed by atoms with van der Waals surface area (Å²) < 4.78 is 11.5. The van der Waals surface area contributed by atoms with Gasteiger partial charge in [0.1, 0.15) is 5.75 Å². The van der Waals surface area contributed by atoms with Crippen molar-refractivity contribution in [2.45, 2.75) is 52.9 Å². The highest BCUT2D eigenvalue weighted by molar-refractivity contribution is 5.87. The van der Waals surface area contributed by atoms with Crippen LogP contribution in [0.15, 0.2) is 72.8 Å². The van der Waals surface area contributed by atoms with Crippen molar-refractivity contribution in [2.75, 3.05) is 26.4 Å². The third-order valence-electron chi connectivity index (χ3n) is 7.08. The van der Waals surface area contributed by atoms with Gasteiger partial charge in [0, 0.05) is 24.7 Å². The second-order valence-electron chi connectivity index (χ2n) is 9.98. The van der Waals surface area contributed by atoms with E-state index < -0.39 is 0 Å². The predicted octanol–water partition coefficient (Wildman–Crippen LogP) is 6.70. The highest BCUT2D eigenvalue weighted by atomic mass is 16.5. The van der Waals surface area contributed by atoms with Crippen LogP contribution in [-0.2, 0) is 22.4 Å². The first-order valence-corrected chi connectivity index (χ1v) is 13.9. The number of benzene rings is 3. The number of carbonyl (C=O) groups excluding carboxylic acids is 1. The lowest BCUT2D eigenvalue weighted by molar-refractivity contribution is -0.139. The van der Waals surface area contributed by atoms with Crippen LogP contribution in [0.5, 0.6) is 5.75 Å². The maximum Gasteiger partial charge on any atom is 0.333 e. The van der Waals surface area contributed by atoms with E-state index in [2.05, 4.69) is 75.0 Å². The third kappa shape index (κ3) is 8.54. The molecule has 5 heteroatoms. The van der Waals surface area contributed by atoms with Crippen molar-refractivity contribution in [3.63, 3.8) is 0 Å². The van der Waals surface area contributed by atoms with E-state index in [0.29, 0.717) is 44.5 Å². The molecule has 3 aromatic rings. The molecular formula is C34H42O5. The van der Waals surface area contributed by atoms with E-state index in [9.17, 15) is 15.0 Å². The Kier molecular flexibility index (Phi) is 11.8. The Balaban J connectivity index is 1.83. The Hall–Kier alpha value is -3.41. The first-order valence-electron chi connectivity index (χ1n) is 13.9. The summed E-state index contributed by atoms with van der Waals surface area (Å²) in [5.74, 6) is 0.230. The Bertz CT molecular complexity index is 1220. The van der Waals surface area contributed by atoms with E-state index in [1.807, 2.05) is 13.0 Å². The molecular weight excluding hydrogens is 488 g/mol. The summed E-state index contributed by atoms with van der Waals surface area (Å²) in [6.07, 6.45) is 3.38. The minimum atomic E-state index is -0.344. The molecule has 0 heterocycles. The molecule has 39 heavy (non-hydrogen) atoms. The van der Waals surface area contributed by atoms with E-state index in [1.54, 1.807) is 0 Å². The molecule has 0 aliphatic carbocycles. The van der Waals surface area contributed by atoms with Gasteiger partial charge in [0.15, 0.2) is 0 Å². The van der Waals surface area contributed by atoms with Crippen LogP contribution in [0.25, 0.3) is 22.3 Å². The van der Waals surface area contributed by atoms with Gasteiger partial charge in [-0.3, -0.25) is 0 Å². The molecule has 208 valence electrons. The SMILES string of the molecule is C=C(CC)C(=O)OCCCc1cc(-c2ccc(-c3ccc(C)cc3)cc2CC)ccc1OCCC(CO)CO. The molecule has 2 N–H and O–H groups in total. The second-order valence-corrected chi connectivity index (χ2v) is 9.98. The molecule has 0 aromatic heterocycles. The van der Waals surface area contributed by atoms with Crippen molar-refractivity contribution >= 4 is 5.97 Å². The lowest BCUT2D eigenvalue weighted by atomic mass is 9.92. The molecule has 5 nitrogen and oxygen atoms in total. The van der Waals surface area contributed by atoms with Gasteiger partial charge in [-0.15, -0.1) is 0 Å². The zero-order valence-corrected chi connectivity index (χ0v) is 23.5. The molecule has 0 amide bonds. The van der Waals surface area contributed by atoms with Crippen LogP contribution in [0.1, 0.15) is 49.8 Å². The summed E-state index contributed by atoms with van der Waals surface area (Å²) in [5.41, 5.74) is 8.74. The minimum absolute atomic E-state index is 0.0710. The Morgan fingerprint density at radius 2 is 1.54 bits per heavy atom. The lowest BCUT2D eigenvalue weighted by Crippen LogP contribution is -2.15. The van der Waals surface area contributed by atoms with Crippen LogP contribution in [0.3, 0.4) is 0 Å². The maximum atomic E-state index is 12.0. The largest absolute Gasteiger partial charge is 0.493 e. The van der Waals surface area contributed by atoms with Gasteiger partial charge in [-0.2, -0.15) is 0 Å². The number of aliphatic hydroxyl groups excluding tert-OH is 2. The normalized spacial score (nSPS) is 11.0. The average Bonchev–Trinajstić information content (AvgIpc) is 2.97. The van der Waals surface area contributed by atoms with E-state index in [0.717, 1.165) is 23.3 Å². The summed E-state index contributed by atoms with van der Waals surface area (Å²) in [5, 5.41) is 18.8. The summed E-state index contributed by atoms with van der Waals surface area (Å²) in [7, 11) is 0. The van der Waals surface area contributed by atoms with E-state index in [4.69, 9.17) is 9.47 Å². The highest BCUT2D eigenvalue weighted by Crippen LogP contribution is 2.33. The van der Waals surface area contributed by atoms with E-state index >= 15 is 0 Å². The second kappa shape index (κ2) is 15.2. The van der Waals surface area contributed by atoms with E-state index in [1.165, 1.54) is 27.8 Å². The summed E-state index contributed by atoms with van der Waals surface area (Å²) in [6, 6.07) is 21.5. The van der Waals surface area contributed by atoms with Gasteiger partial charge >= 0.3 is 5.97 Å². The third-order valence-corrected chi connectivity index (χ3v) is 7.08. The van der Waals surface area contributed by atoms with Crippen molar-refractivity contribution in [3.05, 3.63) is 89.5 Å². The summed E-state index contributed by atoms with van der Waals surface area (Å²) >= 11 is 0. The number of aliphatic hydroxyl groups is 2. The van der Waals surface area contributed by atoms with Crippen molar-refractivity contribution in [1.82, 2.24) is 0 Å². The van der Waals surface area contributed by atoms with Crippen LogP contribution in [0, 0.1) is 12.8 Å². The fourth-order valence-electron chi connectivity index (χ4n) is 4.43. The lowest BCUT2D eigenvalue weighted by Gasteiger charge is -2.17. The molecule has 0 aliphatic rings. The molecule has 0 saturated carbocycles. The topological polar surface area (TPSA) is 76.0 Å². The fraction of sp³-hybridized carbons (Fsp3) is 0.382. The standard InChI is InChI=1S/C34H42O5/c1-5-25(4)34(37)39-18-7-8-31-21-30(14-16-33(31)38-19-17-26(22-35)23-36)32-15-13-29(20-27(32)6-2)28-11-9-24(3)10-12-28/h9-16,20-21,26,35-36H,4-8,17-19,22-23H2,1-3H3. The monoisotopic (exact) mass is 530 g/mol. The predicted molar refractivity (Wildman–Crippen MR) is 158 cm³/mol. The number of hydrogen-bond acceptors (Lipinski definition) is 5. The molecule has 3 rings (SSSR count). The zero-order valence-electron chi connectivity index (χ0n) is 23.5. The Morgan fingerprint density at radius 3 is 2.21 bits per heavy atom. The van der Waals surface area contributed by atoms with Crippen LogP contribution >= 0.6 is 0 Å². The molecule has 0 fully saturated rings. The van der Waals surface area contributed by atoms with Crippen LogP contribution in [0.4, 0.5) is 0 Å². The van der Waals surface area contributed by atoms with Crippen LogP contribution < -0.4 is 4.74 Å². The first kappa shape index (κ1) is 30.1. The number of carbonyl (C=O) groups is 1. The van der Waals surface area contributed by atoms with Crippen molar-refractivity contribution < 1.29 is 24.5 Å². The van der Waals surface area contributed by atoms with Gasteiger partial charge in [0.25, 0.3) is 0 Å². The molecule has 0 saturated heterocycles. The number of esters is 1. The quantitative estimate of drug-likeness (QED) is 0.130. The average molecular weight is 531 g/mol. The molecule has 0 unspecified atom stereocenters. The van der Waals surface area contributed by atoms with Gasteiger partial charge in [-0.25, -0.2) is 4.79 Å². The molecule has 0 bridgehead atoms. The van der Waals surface area contributed by atoms with Gasteiger partial charge in [0.05, 0.1) is 13.2 Å². The minimum Gasteiger partial charge on any atom is -0.493 e.